The van der Waals surface area contributed by atoms with E-state index in [4.69, 9.17) is 6.11 Å². The maximum Gasteiger partial charge on any atom is 0.285 e. The second-order valence-corrected chi connectivity index (χ2v) is 10.3. The fourth-order valence-electron chi connectivity index (χ4n) is 5.36. The minimum Gasteiger partial charge on any atom is -0.394 e. The van der Waals surface area contributed by atoms with Crippen LogP contribution in [-0.2, 0) is 4.74 Å². The number of nitrogens with one attached hydrogen (secondary N) is 1. The van der Waals surface area contributed by atoms with Crippen LogP contribution in [0.15, 0.2) is 11.1 Å². The lowest BCUT2D eigenvalue weighted by Crippen LogP contribution is -2.39. The van der Waals surface area contributed by atoms with Crippen LogP contribution in [0.1, 0.15) is 111 Å². The van der Waals surface area contributed by atoms with E-state index in [-0.39, 0.29) is 29.6 Å². The fourth-order valence-corrected chi connectivity index (χ4v) is 5.36. The van der Waals surface area contributed by atoms with Crippen LogP contribution in [0.5, 0.6) is 0 Å². The number of anilines is 1. The molecule has 2 aliphatic rings. The van der Waals surface area contributed by atoms with Crippen molar-refractivity contribution in [2.45, 2.75) is 127 Å². The van der Waals surface area contributed by atoms with Crippen molar-refractivity contribution in [2.24, 2.45) is 0 Å². The molecule has 1 unspecified atom stereocenters. The number of ether oxygens (including phenoxy) is 1. The van der Waals surface area contributed by atoms with Crippen molar-refractivity contribution in [1.82, 2.24) is 19.1 Å². The molecule has 202 valence electrons. The summed E-state index contributed by atoms with van der Waals surface area (Å²) in [7, 11) is 0. The van der Waals surface area contributed by atoms with Crippen LogP contribution < -0.4 is 10.9 Å². The van der Waals surface area contributed by atoms with Crippen LogP contribution in [0, 0.1) is 0 Å². The van der Waals surface area contributed by atoms with Gasteiger partial charge < -0.3 is 25.4 Å². The van der Waals surface area contributed by atoms with Crippen molar-refractivity contribution in [2.75, 3.05) is 11.9 Å². The number of fused-ring (bicyclic) bond motifs is 2. The van der Waals surface area contributed by atoms with Gasteiger partial charge in [-0.1, -0.05) is 77.6 Å². The number of nitrogens with zero attached hydrogens (tertiary/aromatic N) is 4. The number of rotatable bonds is 14. The Labute approximate surface area is 214 Å². The number of aliphatic hydroxyl groups is 3. The molecule has 0 amide bonds. The zero-order valence-electron chi connectivity index (χ0n) is 22.4. The summed E-state index contributed by atoms with van der Waals surface area (Å²) in [5, 5.41) is 33.7. The van der Waals surface area contributed by atoms with Gasteiger partial charge >= 0.3 is 0 Å². The highest BCUT2D eigenvalue weighted by molar-refractivity contribution is 5.71. The molecule has 0 radical (unpaired) electrons. The third-order valence-corrected chi connectivity index (χ3v) is 7.46. The topological polar surface area (TPSA) is 135 Å². The molecule has 0 bridgehead atoms. The van der Waals surface area contributed by atoms with Crippen molar-refractivity contribution >= 4 is 17.1 Å². The second-order valence-electron chi connectivity index (χ2n) is 10.3. The summed E-state index contributed by atoms with van der Waals surface area (Å²) in [4.78, 5) is 21.9. The predicted molar refractivity (Wildman–Crippen MR) is 138 cm³/mol. The van der Waals surface area contributed by atoms with E-state index in [1.165, 1.54) is 73.2 Å². The normalized spacial score (nSPS) is 28.3. The van der Waals surface area contributed by atoms with Gasteiger partial charge in [0.15, 0.2) is 11.2 Å². The lowest BCUT2D eigenvalue weighted by atomic mass is 10.0. The van der Waals surface area contributed by atoms with Crippen LogP contribution in [0.2, 0.25) is 0 Å². The van der Waals surface area contributed by atoms with E-state index in [0.717, 1.165) is 19.3 Å². The predicted octanol–water partition coefficient (Wildman–Crippen LogP) is 3.61. The Kier molecular flexibility index (Phi) is 9.25. The summed E-state index contributed by atoms with van der Waals surface area (Å²) in [6.07, 6.45) is 11.8. The molecule has 0 spiro atoms. The molecule has 2 aromatic rings. The molecule has 4 N–H and O–H groups in total. The van der Waals surface area contributed by atoms with E-state index >= 15 is 0 Å². The monoisotopic (exact) mass is 506 g/mol. The first-order valence-corrected chi connectivity index (χ1v) is 13.8. The zero-order valence-corrected chi connectivity index (χ0v) is 21.4. The largest absolute Gasteiger partial charge is 0.394 e. The standard InChI is InChI=1S/C26H43N5O5/c1-2-3-4-5-6-7-8-9-10-11-12-13-18-14-21(34)31-25(35)23-24(29-26(31)28-18)30(17-27-23)22-15-19(33)20(16-32)36-22/h17-22,32-34H,2-16H2,1H3,(H,28,29)/t18-,19+,20-,21-,22?/m1/s1/i19D. The van der Waals surface area contributed by atoms with E-state index in [0.29, 0.717) is 6.42 Å². The van der Waals surface area contributed by atoms with Crippen LogP contribution in [0.3, 0.4) is 0 Å². The van der Waals surface area contributed by atoms with Gasteiger partial charge in [0.2, 0.25) is 5.95 Å². The third-order valence-electron chi connectivity index (χ3n) is 7.46. The molecule has 10 nitrogen and oxygen atoms in total. The summed E-state index contributed by atoms with van der Waals surface area (Å²) in [6.45, 7) is 1.75. The van der Waals surface area contributed by atoms with Crippen molar-refractivity contribution < 1.29 is 21.4 Å². The van der Waals surface area contributed by atoms with Crippen LogP contribution in [0.25, 0.3) is 11.2 Å². The average molecular weight is 507 g/mol. The molecule has 1 fully saturated rings. The Hall–Kier alpha value is -2.01. The fraction of sp³-hybridized carbons (Fsp3) is 0.808. The molecule has 4 heterocycles. The SMILES string of the molecule is [2H][C@]1(O)CC(n2cnc3c(=O)n4c(nc32)N[C@H](CCCCCCCCCCCCC)C[C@H]4O)O[C@@H]1CO. The molecule has 4 rings (SSSR count). The number of unbranched alkanes of at least 4 members (excludes halogenated alkanes) is 10. The van der Waals surface area contributed by atoms with Gasteiger partial charge in [-0.3, -0.25) is 9.36 Å². The molecule has 0 aromatic carbocycles. The first-order chi connectivity index (χ1) is 17.9. The lowest BCUT2D eigenvalue weighted by molar-refractivity contribution is -0.0432. The molecule has 1 saturated heterocycles. The smallest absolute Gasteiger partial charge is 0.285 e. The first kappa shape index (κ1) is 25.6. The summed E-state index contributed by atoms with van der Waals surface area (Å²) in [6, 6.07) is 0.00844. The van der Waals surface area contributed by atoms with Crippen molar-refractivity contribution in [3.8, 4) is 0 Å². The van der Waals surface area contributed by atoms with Crippen molar-refractivity contribution in [3.63, 3.8) is 0 Å². The second kappa shape index (κ2) is 13.0. The Morgan fingerprint density at radius 1 is 1.08 bits per heavy atom. The Morgan fingerprint density at radius 2 is 1.75 bits per heavy atom. The number of imidazole rings is 1. The molecule has 5 atom stereocenters. The maximum absolute atomic E-state index is 13.1. The summed E-state index contributed by atoms with van der Waals surface area (Å²) >= 11 is 0. The van der Waals surface area contributed by atoms with E-state index < -0.39 is 36.8 Å². The van der Waals surface area contributed by atoms with Crippen molar-refractivity contribution in [1.29, 1.82) is 0 Å². The highest BCUT2D eigenvalue weighted by atomic mass is 16.5. The summed E-state index contributed by atoms with van der Waals surface area (Å²) < 4.78 is 16.4. The van der Waals surface area contributed by atoms with E-state index in [1.54, 1.807) is 0 Å². The Bertz CT molecular complexity index is 1070. The van der Waals surface area contributed by atoms with Gasteiger partial charge in [0.25, 0.3) is 5.56 Å². The van der Waals surface area contributed by atoms with Crippen LogP contribution >= 0.6 is 0 Å². The number of hydrogen-bond donors (Lipinski definition) is 4. The van der Waals surface area contributed by atoms with E-state index in [2.05, 4.69) is 22.2 Å². The van der Waals surface area contributed by atoms with Crippen molar-refractivity contribution in [3.05, 3.63) is 16.7 Å². The van der Waals surface area contributed by atoms with Gasteiger partial charge in [-0.05, 0) is 6.42 Å². The third kappa shape index (κ3) is 6.27. The molecular formula is C26H43N5O5. The van der Waals surface area contributed by atoms with Gasteiger partial charge in [0.1, 0.15) is 18.6 Å². The summed E-state index contributed by atoms with van der Waals surface area (Å²) in [5.41, 5.74) is -0.117. The average Bonchev–Trinajstić information content (AvgIpc) is 3.42. The van der Waals surface area contributed by atoms with Gasteiger partial charge in [-0.2, -0.15) is 4.98 Å². The molecule has 2 aliphatic heterocycles. The first-order valence-electron chi connectivity index (χ1n) is 14.3. The highest BCUT2D eigenvalue weighted by Crippen LogP contribution is 2.32. The maximum atomic E-state index is 13.1. The number of aliphatic hydroxyl groups excluding tert-OH is 2. The van der Waals surface area contributed by atoms with E-state index in [1.807, 2.05) is 0 Å². The number of aromatic nitrogens is 4. The Morgan fingerprint density at radius 3 is 2.39 bits per heavy atom. The minimum atomic E-state index is -1.95. The Balaban J connectivity index is 1.32. The lowest BCUT2D eigenvalue weighted by Gasteiger charge is -2.31. The number of hydrogen-bond acceptors (Lipinski definition) is 8. The molecule has 2 aromatic heterocycles. The highest BCUT2D eigenvalue weighted by Gasteiger charge is 2.36. The zero-order chi connectivity index (χ0) is 26.4. The van der Waals surface area contributed by atoms with Gasteiger partial charge in [0, 0.05) is 18.9 Å². The van der Waals surface area contributed by atoms with Gasteiger partial charge in [-0.25, -0.2) is 9.55 Å². The van der Waals surface area contributed by atoms with Gasteiger partial charge in [0.05, 0.1) is 20.4 Å². The van der Waals surface area contributed by atoms with E-state index in [9.17, 15) is 20.1 Å². The minimum absolute atomic E-state index is 0.00844. The molecule has 0 aliphatic carbocycles. The molecule has 36 heavy (non-hydrogen) atoms. The quantitative estimate of drug-likeness (QED) is 0.286. The van der Waals surface area contributed by atoms with Crippen LogP contribution in [-0.4, -0.2) is 59.3 Å². The van der Waals surface area contributed by atoms with Gasteiger partial charge in [-0.15, -0.1) is 0 Å². The summed E-state index contributed by atoms with van der Waals surface area (Å²) in [5.74, 6) is 0.281. The molecular weight excluding hydrogens is 462 g/mol. The van der Waals surface area contributed by atoms with Crippen LogP contribution in [0.4, 0.5) is 5.95 Å². The molecule has 10 heteroatoms. The molecule has 0 saturated carbocycles.